The van der Waals surface area contributed by atoms with Crippen LogP contribution in [-0.4, -0.2) is 56.5 Å². The summed E-state index contributed by atoms with van der Waals surface area (Å²) in [6.45, 7) is 2.22. The third-order valence-electron chi connectivity index (χ3n) is 3.92. The molecule has 0 atom stereocenters. The first-order valence-electron chi connectivity index (χ1n) is 8.32. The number of hydrogen-bond acceptors (Lipinski definition) is 8. The lowest BCUT2D eigenvalue weighted by atomic mass is 10.2. The van der Waals surface area contributed by atoms with Crippen molar-refractivity contribution >= 4 is 29.4 Å². The predicted molar refractivity (Wildman–Crippen MR) is 104 cm³/mol. The lowest BCUT2D eigenvalue weighted by molar-refractivity contribution is 0.279. The summed E-state index contributed by atoms with van der Waals surface area (Å²) in [4.78, 5) is 0.157. The van der Waals surface area contributed by atoms with Crippen molar-refractivity contribution in [1.82, 2.24) is 5.01 Å². The highest BCUT2D eigenvalue weighted by Crippen LogP contribution is 2.29. The Bertz CT molecular complexity index is 1040. The number of hydrazone groups is 1. The minimum Gasteiger partial charge on any atom is -0.509 e. The van der Waals surface area contributed by atoms with Gasteiger partial charge in [0.25, 0.3) is 10.0 Å². The molecule has 2 aromatic carbocycles. The van der Waals surface area contributed by atoms with Gasteiger partial charge in [-0.1, -0.05) is 12.1 Å². The van der Waals surface area contributed by atoms with Gasteiger partial charge in [0.15, 0.2) is 11.6 Å². The van der Waals surface area contributed by atoms with E-state index in [-0.39, 0.29) is 22.2 Å². The van der Waals surface area contributed by atoms with Gasteiger partial charge < -0.3 is 19.4 Å². The normalized spacial score (nSPS) is 14.5. The van der Waals surface area contributed by atoms with Crippen LogP contribution < -0.4 is 9.39 Å². The molecule has 1 heterocycles. The molecule has 0 aliphatic carbocycles. The van der Waals surface area contributed by atoms with Gasteiger partial charge >= 0.3 is 7.32 Å². The first-order chi connectivity index (χ1) is 13.4. The minimum absolute atomic E-state index is 0.155. The molecule has 0 fully saturated rings. The molecule has 0 amide bonds. The fraction of sp³-hybridized carbons (Fsp3) is 0.176. The average Bonchev–Trinajstić information content (AvgIpc) is 2.94. The molecule has 28 heavy (non-hydrogen) atoms. The molecular weight excluding hydrogens is 385 g/mol. The molecule has 9 nitrogen and oxygen atoms in total. The van der Waals surface area contributed by atoms with Gasteiger partial charge in [0.05, 0.1) is 13.3 Å². The first kappa shape index (κ1) is 19.9. The monoisotopic (exact) mass is 403 g/mol. The Balaban J connectivity index is 1.89. The first-order valence-corrected chi connectivity index (χ1v) is 9.76. The zero-order chi connectivity index (χ0) is 20.3. The molecule has 2 N–H and O–H groups in total. The Morgan fingerprint density at radius 2 is 1.96 bits per heavy atom. The fourth-order valence-corrected chi connectivity index (χ4v) is 3.88. The van der Waals surface area contributed by atoms with Crippen LogP contribution in [0.25, 0.3) is 0 Å². The van der Waals surface area contributed by atoms with Gasteiger partial charge in [-0.15, -0.1) is 4.40 Å². The van der Waals surface area contributed by atoms with Gasteiger partial charge in [-0.25, -0.2) is 5.01 Å². The zero-order valence-electron chi connectivity index (χ0n) is 15.2. The predicted octanol–water partition coefficient (Wildman–Crippen LogP) is 0.848. The lowest BCUT2D eigenvalue weighted by Gasteiger charge is -2.16. The van der Waals surface area contributed by atoms with Crippen LogP contribution in [0.2, 0.25) is 0 Å². The van der Waals surface area contributed by atoms with Crippen LogP contribution in [0.3, 0.4) is 0 Å². The lowest BCUT2D eigenvalue weighted by Crippen LogP contribution is -2.25. The molecule has 0 unspecified atom stereocenters. The zero-order valence-corrected chi connectivity index (χ0v) is 16.0. The van der Waals surface area contributed by atoms with Gasteiger partial charge in [0.1, 0.15) is 10.6 Å². The van der Waals surface area contributed by atoms with Crippen molar-refractivity contribution in [1.29, 1.82) is 0 Å². The molecule has 0 saturated carbocycles. The number of sulfonamides is 1. The van der Waals surface area contributed by atoms with Crippen LogP contribution in [-0.2, 0) is 10.0 Å². The standard InChI is InChI=1S/C17H18BN3O6S/c1-3-21(17-13-6-4-5-7-16(13)28(24,25)20-17)19-11-12-8-9-14(27-18(22)23)15(10-12)26-2/h4-11,22-23H,3H2,1-2H3/b19-11+. The number of rotatable bonds is 6. The Morgan fingerprint density at radius 3 is 2.64 bits per heavy atom. The molecule has 0 bridgehead atoms. The summed E-state index contributed by atoms with van der Waals surface area (Å²) in [5.74, 6) is 0.693. The summed E-state index contributed by atoms with van der Waals surface area (Å²) in [6.07, 6.45) is 1.52. The highest BCUT2D eigenvalue weighted by molar-refractivity contribution is 7.90. The van der Waals surface area contributed by atoms with E-state index < -0.39 is 17.3 Å². The van der Waals surface area contributed by atoms with E-state index in [2.05, 4.69) is 9.50 Å². The molecule has 0 spiro atoms. The Labute approximate surface area is 162 Å². The molecule has 1 aliphatic heterocycles. The highest BCUT2D eigenvalue weighted by atomic mass is 32.2. The minimum atomic E-state index is -3.73. The van der Waals surface area contributed by atoms with E-state index in [0.29, 0.717) is 17.7 Å². The van der Waals surface area contributed by atoms with Crippen molar-refractivity contribution in [3.8, 4) is 11.5 Å². The van der Waals surface area contributed by atoms with Gasteiger partial charge in [0.2, 0.25) is 0 Å². The molecule has 3 rings (SSSR count). The van der Waals surface area contributed by atoms with E-state index in [1.54, 1.807) is 30.3 Å². The molecule has 2 aromatic rings. The van der Waals surface area contributed by atoms with Crippen LogP contribution in [0.4, 0.5) is 0 Å². The summed E-state index contributed by atoms with van der Waals surface area (Å²) in [7, 11) is -4.28. The van der Waals surface area contributed by atoms with Crippen molar-refractivity contribution in [2.24, 2.45) is 9.50 Å². The van der Waals surface area contributed by atoms with Crippen molar-refractivity contribution in [2.75, 3.05) is 13.7 Å². The van der Waals surface area contributed by atoms with Crippen LogP contribution >= 0.6 is 0 Å². The number of benzene rings is 2. The second-order valence-corrected chi connectivity index (χ2v) is 7.27. The number of ether oxygens (including phenoxy) is 1. The van der Waals surface area contributed by atoms with Gasteiger partial charge in [-0.3, -0.25) is 0 Å². The Kier molecular flexibility index (Phi) is 5.68. The van der Waals surface area contributed by atoms with Crippen molar-refractivity contribution in [2.45, 2.75) is 11.8 Å². The molecular formula is C17H18BN3O6S. The fourth-order valence-electron chi connectivity index (χ4n) is 2.67. The van der Waals surface area contributed by atoms with Crippen LogP contribution in [0, 0.1) is 0 Å². The third-order valence-corrected chi connectivity index (χ3v) is 5.25. The number of amidine groups is 1. The summed E-state index contributed by atoms with van der Waals surface area (Å²) in [6, 6.07) is 11.3. The molecule has 146 valence electrons. The number of nitrogens with zero attached hydrogens (tertiary/aromatic N) is 3. The SMILES string of the molecule is CCN(/N=C/c1ccc(OB(O)O)c(OC)c1)C1=NS(=O)(=O)c2ccccc21. The molecule has 0 aromatic heterocycles. The maximum absolute atomic E-state index is 12.2. The number of fused-ring (bicyclic) bond motifs is 1. The molecule has 0 saturated heterocycles. The maximum atomic E-state index is 12.2. The van der Waals surface area contributed by atoms with Crippen molar-refractivity contribution in [3.05, 3.63) is 53.6 Å². The topological polar surface area (TPSA) is 121 Å². The van der Waals surface area contributed by atoms with Crippen molar-refractivity contribution < 1.29 is 27.9 Å². The summed E-state index contributed by atoms with van der Waals surface area (Å²) in [5.41, 5.74) is 1.13. The van der Waals surface area contributed by atoms with Crippen LogP contribution in [0.1, 0.15) is 18.1 Å². The van der Waals surface area contributed by atoms with Crippen LogP contribution in [0.5, 0.6) is 11.5 Å². The smallest absolute Gasteiger partial charge is 0.509 e. The average molecular weight is 403 g/mol. The quantitative estimate of drug-likeness (QED) is 0.417. The third kappa shape index (κ3) is 4.01. The van der Waals surface area contributed by atoms with Gasteiger partial charge in [-0.2, -0.15) is 13.5 Å². The number of hydrogen-bond donors (Lipinski definition) is 2. The second-order valence-electron chi connectivity index (χ2n) is 5.70. The Morgan fingerprint density at radius 1 is 1.21 bits per heavy atom. The van der Waals surface area contributed by atoms with E-state index in [0.717, 1.165) is 0 Å². The van der Waals surface area contributed by atoms with Gasteiger partial charge in [0, 0.05) is 12.1 Å². The molecule has 11 heteroatoms. The second kappa shape index (κ2) is 8.01. The van der Waals surface area contributed by atoms with Crippen LogP contribution in [0.15, 0.2) is 56.9 Å². The van der Waals surface area contributed by atoms with Gasteiger partial charge in [-0.05, 0) is 42.8 Å². The Hall–Kier alpha value is -2.89. The van der Waals surface area contributed by atoms with E-state index in [4.69, 9.17) is 19.4 Å². The maximum Gasteiger partial charge on any atom is 0.707 e. The van der Waals surface area contributed by atoms with E-state index in [1.165, 1.54) is 30.5 Å². The molecule has 0 radical (unpaired) electrons. The van der Waals surface area contributed by atoms with E-state index >= 15 is 0 Å². The van der Waals surface area contributed by atoms with E-state index in [1.807, 2.05) is 6.92 Å². The molecule has 1 aliphatic rings. The summed E-state index contributed by atoms with van der Waals surface area (Å²) in [5, 5.41) is 23.7. The van der Waals surface area contributed by atoms with E-state index in [9.17, 15) is 8.42 Å². The summed E-state index contributed by atoms with van der Waals surface area (Å²) >= 11 is 0. The van der Waals surface area contributed by atoms with Crippen molar-refractivity contribution in [3.63, 3.8) is 0 Å². The largest absolute Gasteiger partial charge is 0.707 e. The number of methoxy groups -OCH3 is 1. The highest BCUT2D eigenvalue weighted by Gasteiger charge is 2.31. The summed E-state index contributed by atoms with van der Waals surface area (Å²) < 4.78 is 38.3.